The minimum atomic E-state index is 0.773. The van der Waals surface area contributed by atoms with Crippen LogP contribution in [0.25, 0.3) is 10.2 Å². The molecule has 3 aromatic rings. The lowest BCUT2D eigenvalue weighted by Crippen LogP contribution is -2.01. The lowest BCUT2D eigenvalue weighted by molar-refractivity contribution is 0.902. The van der Waals surface area contributed by atoms with E-state index in [4.69, 9.17) is 0 Å². The second-order valence-electron chi connectivity index (χ2n) is 4.58. The molecular formula is C14H16N4S2. The Labute approximate surface area is 125 Å². The topological polar surface area (TPSA) is 50.7 Å². The van der Waals surface area contributed by atoms with Crippen molar-refractivity contribution in [2.45, 2.75) is 33.2 Å². The van der Waals surface area contributed by atoms with E-state index in [-0.39, 0.29) is 0 Å². The van der Waals surface area contributed by atoms with Gasteiger partial charge in [-0.25, -0.2) is 15.0 Å². The number of hydrogen-bond acceptors (Lipinski definition) is 6. The van der Waals surface area contributed by atoms with Crippen LogP contribution in [-0.2, 0) is 13.0 Å². The van der Waals surface area contributed by atoms with Crippen LogP contribution in [0.3, 0.4) is 0 Å². The summed E-state index contributed by atoms with van der Waals surface area (Å²) < 4.78 is 0. The fourth-order valence-corrected chi connectivity index (χ4v) is 3.91. The molecule has 0 saturated heterocycles. The molecule has 3 aromatic heterocycles. The van der Waals surface area contributed by atoms with Crippen molar-refractivity contribution in [3.05, 3.63) is 33.4 Å². The lowest BCUT2D eigenvalue weighted by atomic mass is 10.3. The van der Waals surface area contributed by atoms with E-state index >= 15 is 0 Å². The molecule has 20 heavy (non-hydrogen) atoms. The maximum Gasteiger partial charge on any atom is 0.138 e. The third kappa shape index (κ3) is 2.66. The molecule has 104 valence electrons. The van der Waals surface area contributed by atoms with E-state index in [0.29, 0.717) is 0 Å². The van der Waals surface area contributed by atoms with Gasteiger partial charge in [0.15, 0.2) is 0 Å². The number of hydrogen-bond donors (Lipinski definition) is 1. The fraction of sp³-hybridized carbons (Fsp3) is 0.357. The molecule has 0 saturated carbocycles. The second kappa shape index (κ2) is 5.85. The van der Waals surface area contributed by atoms with Crippen LogP contribution in [0.4, 0.5) is 5.82 Å². The number of thiazole rings is 1. The zero-order chi connectivity index (χ0) is 13.9. The van der Waals surface area contributed by atoms with Crippen LogP contribution in [0.2, 0.25) is 0 Å². The average molecular weight is 304 g/mol. The normalized spacial score (nSPS) is 11.1. The van der Waals surface area contributed by atoms with Crippen LogP contribution in [-0.4, -0.2) is 15.0 Å². The van der Waals surface area contributed by atoms with Crippen molar-refractivity contribution < 1.29 is 0 Å². The molecule has 6 heteroatoms. The quantitative estimate of drug-likeness (QED) is 0.773. The number of nitrogens with zero attached hydrogens (tertiary/aromatic N) is 3. The molecule has 0 aliphatic carbocycles. The van der Waals surface area contributed by atoms with E-state index in [9.17, 15) is 0 Å². The third-order valence-electron chi connectivity index (χ3n) is 3.08. The van der Waals surface area contributed by atoms with Gasteiger partial charge in [-0.05, 0) is 31.2 Å². The van der Waals surface area contributed by atoms with Crippen molar-refractivity contribution in [2.24, 2.45) is 0 Å². The van der Waals surface area contributed by atoms with Gasteiger partial charge in [0.1, 0.15) is 17.0 Å². The Morgan fingerprint density at radius 2 is 2.20 bits per heavy atom. The van der Waals surface area contributed by atoms with Gasteiger partial charge >= 0.3 is 0 Å². The van der Waals surface area contributed by atoms with Gasteiger partial charge in [-0.2, -0.15) is 0 Å². The van der Waals surface area contributed by atoms with Crippen LogP contribution in [0.1, 0.15) is 28.9 Å². The highest BCUT2D eigenvalue weighted by Gasteiger charge is 2.09. The molecule has 0 unspecified atom stereocenters. The summed E-state index contributed by atoms with van der Waals surface area (Å²) in [4.78, 5) is 15.5. The average Bonchev–Trinajstić information content (AvgIpc) is 3.04. The standard InChI is InChI=1S/C14H16N4S2/c1-3-4-12-18-9(2)11(20-12)7-15-13-10-5-6-19-14(10)17-8-16-13/h5-6,8H,3-4,7H2,1-2H3,(H,15,16,17). The molecule has 0 radical (unpaired) electrons. The van der Waals surface area contributed by atoms with Crippen LogP contribution in [0.15, 0.2) is 17.8 Å². The molecule has 3 rings (SSSR count). The molecule has 0 fully saturated rings. The molecule has 0 spiro atoms. The Morgan fingerprint density at radius 1 is 1.30 bits per heavy atom. The first kappa shape index (κ1) is 13.5. The maximum atomic E-state index is 4.61. The van der Waals surface area contributed by atoms with Crippen molar-refractivity contribution >= 4 is 38.7 Å². The molecule has 3 heterocycles. The minimum Gasteiger partial charge on any atom is -0.364 e. The van der Waals surface area contributed by atoms with Crippen LogP contribution in [0, 0.1) is 6.92 Å². The number of rotatable bonds is 5. The number of thiophene rings is 1. The predicted octanol–water partition coefficient (Wildman–Crippen LogP) is 4.02. The fourth-order valence-electron chi connectivity index (χ4n) is 2.07. The summed E-state index contributed by atoms with van der Waals surface area (Å²) in [5.74, 6) is 0.904. The first-order valence-electron chi connectivity index (χ1n) is 6.65. The molecule has 1 N–H and O–H groups in total. The van der Waals surface area contributed by atoms with Gasteiger partial charge in [-0.15, -0.1) is 22.7 Å². The summed E-state index contributed by atoms with van der Waals surface area (Å²) in [7, 11) is 0. The van der Waals surface area contributed by atoms with Crippen LogP contribution < -0.4 is 5.32 Å². The number of aryl methyl sites for hydroxylation is 2. The molecule has 0 aliphatic rings. The highest BCUT2D eigenvalue weighted by Crippen LogP contribution is 2.25. The van der Waals surface area contributed by atoms with Crippen molar-refractivity contribution in [3.63, 3.8) is 0 Å². The Hall–Kier alpha value is -1.53. The molecule has 0 aromatic carbocycles. The maximum absolute atomic E-state index is 4.61. The van der Waals surface area contributed by atoms with Crippen LogP contribution in [0.5, 0.6) is 0 Å². The van der Waals surface area contributed by atoms with Gasteiger partial charge in [0.05, 0.1) is 22.6 Å². The van der Waals surface area contributed by atoms with E-state index in [1.807, 2.05) is 5.38 Å². The van der Waals surface area contributed by atoms with Gasteiger partial charge in [-0.1, -0.05) is 6.92 Å². The number of fused-ring (bicyclic) bond motifs is 1. The Bertz CT molecular complexity index is 717. The molecule has 0 aliphatic heterocycles. The SMILES string of the molecule is CCCc1nc(C)c(CNc2ncnc3sccc23)s1. The van der Waals surface area contributed by atoms with Gasteiger partial charge in [-0.3, -0.25) is 0 Å². The van der Waals surface area contributed by atoms with Crippen molar-refractivity contribution in [2.75, 3.05) is 5.32 Å². The highest BCUT2D eigenvalue weighted by molar-refractivity contribution is 7.16. The van der Waals surface area contributed by atoms with E-state index in [1.54, 1.807) is 29.0 Å². The summed E-state index contributed by atoms with van der Waals surface area (Å²) in [6, 6.07) is 2.06. The van der Waals surface area contributed by atoms with Gasteiger partial charge in [0.25, 0.3) is 0 Å². The van der Waals surface area contributed by atoms with E-state index < -0.39 is 0 Å². The van der Waals surface area contributed by atoms with Gasteiger partial charge < -0.3 is 5.32 Å². The van der Waals surface area contributed by atoms with Gasteiger partial charge in [0.2, 0.25) is 0 Å². The predicted molar refractivity (Wildman–Crippen MR) is 85.6 cm³/mol. The molecule has 0 bridgehead atoms. The zero-order valence-electron chi connectivity index (χ0n) is 11.5. The summed E-state index contributed by atoms with van der Waals surface area (Å²) in [5, 5.41) is 7.77. The van der Waals surface area contributed by atoms with Crippen LogP contribution >= 0.6 is 22.7 Å². The van der Waals surface area contributed by atoms with Crippen molar-refractivity contribution in [1.82, 2.24) is 15.0 Å². The first-order chi connectivity index (χ1) is 9.78. The third-order valence-corrected chi connectivity index (χ3v) is 5.12. The highest BCUT2D eigenvalue weighted by atomic mass is 32.1. The lowest BCUT2D eigenvalue weighted by Gasteiger charge is -2.05. The monoisotopic (exact) mass is 304 g/mol. The number of aromatic nitrogens is 3. The minimum absolute atomic E-state index is 0.773. The molecular weight excluding hydrogens is 288 g/mol. The molecule has 4 nitrogen and oxygen atoms in total. The molecule has 0 atom stereocenters. The summed E-state index contributed by atoms with van der Waals surface area (Å²) in [6.45, 7) is 5.03. The van der Waals surface area contributed by atoms with E-state index in [2.05, 4.69) is 40.2 Å². The first-order valence-corrected chi connectivity index (χ1v) is 8.34. The summed E-state index contributed by atoms with van der Waals surface area (Å²) >= 11 is 3.43. The van der Waals surface area contributed by atoms with Gasteiger partial charge in [0, 0.05) is 4.88 Å². The number of anilines is 1. The smallest absolute Gasteiger partial charge is 0.138 e. The molecule has 0 amide bonds. The largest absolute Gasteiger partial charge is 0.364 e. The van der Waals surface area contributed by atoms with E-state index in [1.165, 1.54) is 9.88 Å². The summed E-state index contributed by atoms with van der Waals surface area (Å²) in [6.07, 6.45) is 3.82. The van der Waals surface area contributed by atoms with Crippen molar-refractivity contribution in [3.8, 4) is 0 Å². The Balaban J connectivity index is 1.77. The Kier molecular flexibility index (Phi) is 3.93. The van der Waals surface area contributed by atoms with E-state index in [0.717, 1.165) is 41.1 Å². The summed E-state index contributed by atoms with van der Waals surface area (Å²) in [5.41, 5.74) is 1.13. The number of nitrogens with one attached hydrogen (secondary N) is 1. The zero-order valence-corrected chi connectivity index (χ0v) is 13.1. The van der Waals surface area contributed by atoms with Crippen molar-refractivity contribution in [1.29, 1.82) is 0 Å². The second-order valence-corrected chi connectivity index (χ2v) is 6.64. The Morgan fingerprint density at radius 3 is 3.05 bits per heavy atom.